The zero-order valence-corrected chi connectivity index (χ0v) is 31.7. The van der Waals surface area contributed by atoms with Crippen LogP contribution in [0, 0.1) is 0 Å². The molecule has 46 heavy (non-hydrogen) atoms. The lowest BCUT2D eigenvalue weighted by molar-refractivity contribution is 0.681. The number of hydrogen-bond donors (Lipinski definition) is 0. The largest absolute Gasteiger partial charge is 0.0802 e. The fourth-order valence-electron chi connectivity index (χ4n) is 6.89. The van der Waals surface area contributed by atoms with E-state index in [0.29, 0.717) is 0 Å². The van der Waals surface area contributed by atoms with E-state index >= 15 is 0 Å². The SMILES string of the molecule is C1=CC2=C(C1)CCCC2.C1=CC2=C(C1)CCCC2.CC.CC.CC.CC.c1ccc2c(c1)CCCC2.c1ccc2c(c1)CCCC2. The van der Waals surface area contributed by atoms with Gasteiger partial charge in [-0.05, 0) is 149 Å². The van der Waals surface area contributed by atoms with Gasteiger partial charge in [0.1, 0.15) is 0 Å². The van der Waals surface area contributed by atoms with Gasteiger partial charge in [-0.1, -0.05) is 139 Å². The Bertz CT molecular complexity index is 1020. The fraction of sp³-hybridized carbons (Fsp3) is 0.565. The summed E-state index contributed by atoms with van der Waals surface area (Å²) in [5.41, 5.74) is 13.1. The molecule has 256 valence electrons. The predicted octanol–water partition coefficient (Wildman–Crippen LogP) is 14.9. The van der Waals surface area contributed by atoms with E-state index in [9.17, 15) is 0 Å². The van der Waals surface area contributed by atoms with Gasteiger partial charge in [0.05, 0.1) is 0 Å². The minimum atomic E-state index is 1.26. The Kier molecular flexibility index (Phi) is 24.8. The van der Waals surface area contributed by atoms with Gasteiger partial charge >= 0.3 is 0 Å². The summed E-state index contributed by atoms with van der Waals surface area (Å²) in [6.45, 7) is 16.0. The van der Waals surface area contributed by atoms with Gasteiger partial charge in [0.15, 0.2) is 0 Å². The van der Waals surface area contributed by atoms with Gasteiger partial charge in [-0.25, -0.2) is 0 Å². The Morgan fingerprint density at radius 1 is 0.326 bits per heavy atom. The molecular formula is C46H72. The number of benzene rings is 2. The van der Waals surface area contributed by atoms with Gasteiger partial charge in [0.25, 0.3) is 0 Å². The first-order chi connectivity index (χ1) is 22.9. The molecular weight excluding hydrogens is 553 g/mol. The molecule has 0 N–H and O–H groups in total. The van der Waals surface area contributed by atoms with E-state index in [0.717, 1.165) is 0 Å². The van der Waals surface area contributed by atoms with Crippen LogP contribution < -0.4 is 0 Å². The highest BCUT2D eigenvalue weighted by Gasteiger charge is 2.13. The standard InChI is InChI=1S/2C10H12.2C9H12.4C2H6/c2*1-2-6-10-8-4-3-7-9(10)5-1;2*1-2-5-9-7-3-6-8(9)4-1;4*1-2/h2*1-2,5-6H,3-4,7-8H2;2*3,6H,1-2,4-5,7H2;4*1-2H3. The van der Waals surface area contributed by atoms with Gasteiger partial charge < -0.3 is 0 Å². The van der Waals surface area contributed by atoms with Crippen LogP contribution in [0.15, 0.2) is 95.1 Å². The van der Waals surface area contributed by atoms with E-state index in [1.54, 1.807) is 44.5 Å². The summed E-state index contributed by atoms with van der Waals surface area (Å²) in [5.74, 6) is 0. The molecule has 2 aromatic carbocycles. The number of hydrogen-bond acceptors (Lipinski definition) is 0. The van der Waals surface area contributed by atoms with E-state index in [4.69, 9.17) is 0 Å². The molecule has 0 radical (unpaired) electrons. The molecule has 0 aliphatic heterocycles. The van der Waals surface area contributed by atoms with E-state index in [2.05, 4.69) is 72.8 Å². The molecule has 0 amide bonds. The first-order valence-electron chi connectivity index (χ1n) is 19.8. The van der Waals surface area contributed by atoms with Crippen LogP contribution in [0.25, 0.3) is 0 Å². The van der Waals surface area contributed by atoms with Crippen molar-refractivity contribution in [1.82, 2.24) is 0 Å². The monoisotopic (exact) mass is 625 g/mol. The van der Waals surface area contributed by atoms with Crippen LogP contribution >= 0.6 is 0 Å². The minimum absolute atomic E-state index is 1.26. The van der Waals surface area contributed by atoms with Crippen molar-refractivity contribution >= 4 is 0 Å². The number of aryl methyl sites for hydroxylation is 4. The Balaban J connectivity index is 0.000000286. The first-order valence-corrected chi connectivity index (χ1v) is 19.8. The number of allylic oxidation sites excluding steroid dienone is 8. The normalized spacial score (nSPS) is 17.4. The average molecular weight is 625 g/mol. The zero-order chi connectivity index (χ0) is 33.8. The van der Waals surface area contributed by atoms with Gasteiger partial charge in [-0.15, -0.1) is 0 Å². The number of fused-ring (bicyclic) bond motifs is 2. The van der Waals surface area contributed by atoms with Gasteiger partial charge in [-0.3, -0.25) is 0 Å². The summed E-state index contributed by atoms with van der Waals surface area (Å²) >= 11 is 0. The van der Waals surface area contributed by atoms with Crippen LogP contribution in [-0.4, -0.2) is 0 Å². The second-order valence-corrected chi connectivity index (χ2v) is 11.8. The maximum Gasteiger partial charge on any atom is -0.0130 e. The zero-order valence-electron chi connectivity index (χ0n) is 31.7. The van der Waals surface area contributed by atoms with E-state index in [-0.39, 0.29) is 0 Å². The molecule has 2 aromatic rings. The van der Waals surface area contributed by atoms with Crippen molar-refractivity contribution in [3.8, 4) is 0 Å². The summed E-state index contributed by atoms with van der Waals surface area (Å²) < 4.78 is 0. The Morgan fingerprint density at radius 2 is 0.587 bits per heavy atom. The molecule has 8 rings (SSSR count). The molecule has 6 aliphatic rings. The highest BCUT2D eigenvalue weighted by molar-refractivity contribution is 5.36. The maximum absolute atomic E-state index is 2.31. The van der Waals surface area contributed by atoms with Crippen LogP contribution in [0.3, 0.4) is 0 Å². The molecule has 0 heteroatoms. The first kappa shape index (κ1) is 41.4. The molecule has 0 heterocycles. The minimum Gasteiger partial charge on any atom is -0.0802 e. The molecule has 0 saturated heterocycles. The Morgan fingerprint density at radius 3 is 0.870 bits per heavy atom. The van der Waals surface area contributed by atoms with E-state index in [1.807, 2.05) is 55.4 Å². The summed E-state index contributed by atoms with van der Waals surface area (Å²) in [5, 5.41) is 0. The molecule has 0 fully saturated rings. The molecule has 0 nitrogen and oxygen atoms in total. The smallest absolute Gasteiger partial charge is 0.0130 e. The van der Waals surface area contributed by atoms with Crippen molar-refractivity contribution in [3.05, 3.63) is 117 Å². The molecule has 0 aromatic heterocycles. The second kappa shape index (κ2) is 27.5. The molecule has 0 atom stereocenters. The summed E-state index contributed by atoms with van der Waals surface area (Å²) in [6, 6.07) is 17.6. The van der Waals surface area contributed by atoms with Crippen LogP contribution in [0.2, 0.25) is 0 Å². The van der Waals surface area contributed by atoms with Crippen LogP contribution in [0.4, 0.5) is 0 Å². The van der Waals surface area contributed by atoms with Crippen LogP contribution in [0.1, 0.15) is 168 Å². The van der Waals surface area contributed by atoms with Gasteiger partial charge in [0.2, 0.25) is 0 Å². The lowest BCUT2D eigenvalue weighted by Crippen LogP contribution is -2.00. The van der Waals surface area contributed by atoms with Crippen molar-refractivity contribution in [2.24, 2.45) is 0 Å². The topological polar surface area (TPSA) is 0 Å². The van der Waals surface area contributed by atoms with Gasteiger partial charge in [-0.2, -0.15) is 0 Å². The van der Waals surface area contributed by atoms with Crippen molar-refractivity contribution in [3.63, 3.8) is 0 Å². The lowest BCUT2D eigenvalue weighted by Gasteiger charge is -2.13. The van der Waals surface area contributed by atoms with Crippen LogP contribution in [-0.2, 0) is 25.7 Å². The van der Waals surface area contributed by atoms with Crippen molar-refractivity contribution in [2.45, 2.75) is 171 Å². The summed E-state index contributed by atoms with van der Waals surface area (Å²) in [6.07, 6.45) is 33.7. The highest BCUT2D eigenvalue weighted by Crippen LogP contribution is 2.32. The summed E-state index contributed by atoms with van der Waals surface area (Å²) in [4.78, 5) is 0. The quantitative estimate of drug-likeness (QED) is 0.273. The van der Waals surface area contributed by atoms with E-state index < -0.39 is 0 Å². The molecule has 6 aliphatic carbocycles. The van der Waals surface area contributed by atoms with E-state index in [1.165, 1.54) is 116 Å². The molecule has 0 unspecified atom stereocenters. The van der Waals surface area contributed by atoms with Crippen LogP contribution in [0.5, 0.6) is 0 Å². The van der Waals surface area contributed by atoms with Crippen molar-refractivity contribution < 1.29 is 0 Å². The molecule has 0 spiro atoms. The number of rotatable bonds is 0. The molecule has 0 saturated carbocycles. The lowest BCUT2D eigenvalue weighted by atomic mass is 9.92. The third-order valence-electron chi connectivity index (χ3n) is 9.15. The maximum atomic E-state index is 2.31. The average Bonchev–Trinajstić information content (AvgIpc) is 3.86. The fourth-order valence-corrected chi connectivity index (χ4v) is 6.89. The molecule has 0 bridgehead atoms. The Labute approximate surface area is 287 Å². The predicted molar refractivity (Wildman–Crippen MR) is 210 cm³/mol. The third-order valence-corrected chi connectivity index (χ3v) is 9.15. The summed E-state index contributed by atoms with van der Waals surface area (Å²) in [7, 11) is 0. The van der Waals surface area contributed by atoms with Gasteiger partial charge in [0, 0.05) is 0 Å². The highest BCUT2D eigenvalue weighted by atomic mass is 14.2. The van der Waals surface area contributed by atoms with Crippen molar-refractivity contribution in [2.75, 3.05) is 0 Å². The Hall–Kier alpha value is -2.60. The second-order valence-electron chi connectivity index (χ2n) is 11.8. The third kappa shape index (κ3) is 14.9. The van der Waals surface area contributed by atoms with Crippen molar-refractivity contribution in [1.29, 1.82) is 0 Å².